The standard InChI is InChI=1S/C23H21ClN4O8S/c1-14-4-7-17(27(30)31)11-19(14)25-23(29)13-26(21-10-16(24)6-9-22(21)36-3)37(34,35)18-8-5-15(2)20(12-18)28(32)33/h4-12H,13H2,1-3H3,(H,25,29). The molecule has 0 heterocycles. The van der Waals surface area contributed by atoms with Gasteiger partial charge in [-0.05, 0) is 43.7 Å². The molecule has 1 N–H and O–H groups in total. The van der Waals surface area contributed by atoms with Gasteiger partial charge in [0.2, 0.25) is 5.91 Å². The van der Waals surface area contributed by atoms with Gasteiger partial charge in [-0.3, -0.25) is 29.3 Å². The highest BCUT2D eigenvalue weighted by molar-refractivity contribution is 7.92. The van der Waals surface area contributed by atoms with Gasteiger partial charge in [0.15, 0.2) is 0 Å². The Morgan fingerprint density at radius 2 is 1.68 bits per heavy atom. The highest BCUT2D eigenvalue weighted by Crippen LogP contribution is 2.36. The largest absolute Gasteiger partial charge is 0.495 e. The number of nitro groups is 2. The van der Waals surface area contributed by atoms with Gasteiger partial charge in [-0.2, -0.15) is 0 Å². The molecule has 0 atom stereocenters. The molecule has 0 radical (unpaired) electrons. The lowest BCUT2D eigenvalue weighted by Gasteiger charge is -2.26. The molecule has 0 aliphatic heterocycles. The minimum absolute atomic E-state index is 0.0638. The summed E-state index contributed by atoms with van der Waals surface area (Å²) in [5.74, 6) is -0.773. The molecule has 0 saturated carbocycles. The van der Waals surface area contributed by atoms with Crippen LogP contribution < -0.4 is 14.4 Å². The van der Waals surface area contributed by atoms with E-state index in [2.05, 4.69) is 5.32 Å². The van der Waals surface area contributed by atoms with E-state index in [1.54, 1.807) is 6.92 Å². The predicted octanol–water partition coefficient (Wildman–Crippen LogP) is 4.62. The number of non-ortho nitro benzene ring substituents is 1. The van der Waals surface area contributed by atoms with Crippen molar-refractivity contribution in [1.29, 1.82) is 0 Å². The fourth-order valence-electron chi connectivity index (χ4n) is 3.41. The van der Waals surface area contributed by atoms with Crippen LogP contribution in [0.15, 0.2) is 59.5 Å². The number of nitrogens with one attached hydrogen (secondary N) is 1. The van der Waals surface area contributed by atoms with Gasteiger partial charge in [0.25, 0.3) is 21.4 Å². The first-order chi connectivity index (χ1) is 17.3. The van der Waals surface area contributed by atoms with Gasteiger partial charge in [-0.1, -0.05) is 23.7 Å². The average molecular weight is 549 g/mol. The number of halogens is 1. The summed E-state index contributed by atoms with van der Waals surface area (Å²) >= 11 is 6.10. The SMILES string of the molecule is COc1ccc(Cl)cc1N(CC(=O)Nc1cc([N+](=O)[O-])ccc1C)S(=O)(=O)c1ccc(C)c([N+](=O)[O-])c1. The smallest absolute Gasteiger partial charge is 0.273 e. The lowest BCUT2D eigenvalue weighted by atomic mass is 10.2. The second kappa shape index (κ2) is 10.8. The van der Waals surface area contributed by atoms with Crippen molar-refractivity contribution < 1.29 is 27.8 Å². The first kappa shape index (κ1) is 27.4. The first-order valence-corrected chi connectivity index (χ1v) is 12.3. The topological polar surface area (TPSA) is 162 Å². The highest BCUT2D eigenvalue weighted by Gasteiger charge is 2.31. The van der Waals surface area contributed by atoms with Crippen molar-refractivity contribution in [2.24, 2.45) is 0 Å². The van der Waals surface area contributed by atoms with Gasteiger partial charge in [-0.15, -0.1) is 0 Å². The zero-order valence-electron chi connectivity index (χ0n) is 19.8. The molecular weight excluding hydrogens is 528 g/mol. The number of nitro benzene ring substituents is 2. The molecule has 12 nitrogen and oxygen atoms in total. The van der Waals surface area contributed by atoms with Crippen LogP contribution in [-0.4, -0.2) is 37.8 Å². The summed E-state index contributed by atoms with van der Waals surface area (Å²) in [6.45, 7) is 2.27. The third-order valence-corrected chi connectivity index (χ3v) is 7.36. The molecular formula is C23H21ClN4O8S. The molecule has 3 aromatic carbocycles. The van der Waals surface area contributed by atoms with Gasteiger partial charge in [0.05, 0.1) is 33.2 Å². The zero-order chi connectivity index (χ0) is 27.5. The van der Waals surface area contributed by atoms with Crippen LogP contribution in [0.2, 0.25) is 5.02 Å². The van der Waals surface area contributed by atoms with E-state index in [-0.39, 0.29) is 33.4 Å². The quantitative estimate of drug-likeness (QED) is 0.299. The summed E-state index contributed by atoms with van der Waals surface area (Å²) in [6, 6.07) is 11.4. The molecule has 1 amide bonds. The number of nitrogens with zero attached hydrogens (tertiary/aromatic N) is 3. The molecule has 14 heteroatoms. The maximum absolute atomic E-state index is 13.7. The number of hydrogen-bond donors (Lipinski definition) is 1. The number of sulfonamides is 1. The van der Waals surface area contributed by atoms with E-state index >= 15 is 0 Å². The van der Waals surface area contributed by atoms with Gasteiger partial charge in [0.1, 0.15) is 12.3 Å². The molecule has 194 valence electrons. The number of aryl methyl sites for hydroxylation is 2. The second-order valence-corrected chi connectivity index (χ2v) is 10.1. The van der Waals surface area contributed by atoms with Crippen LogP contribution >= 0.6 is 11.6 Å². The Labute approximate surface area is 216 Å². The molecule has 0 aromatic heterocycles. The van der Waals surface area contributed by atoms with Crippen LogP contribution in [-0.2, 0) is 14.8 Å². The van der Waals surface area contributed by atoms with Gasteiger partial charge in [0, 0.05) is 28.8 Å². The Morgan fingerprint density at radius 3 is 2.30 bits per heavy atom. The number of anilines is 2. The van der Waals surface area contributed by atoms with E-state index in [4.69, 9.17) is 16.3 Å². The Balaban J connectivity index is 2.10. The molecule has 37 heavy (non-hydrogen) atoms. The molecule has 0 unspecified atom stereocenters. The van der Waals surface area contributed by atoms with E-state index in [9.17, 15) is 33.4 Å². The van der Waals surface area contributed by atoms with E-state index < -0.39 is 42.9 Å². The first-order valence-electron chi connectivity index (χ1n) is 10.5. The number of methoxy groups -OCH3 is 1. The summed E-state index contributed by atoms with van der Waals surface area (Å²) in [5.41, 5.74) is 0.0758. The lowest BCUT2D eigenvalue weighted by molar-refractivity contribution is -0.385. The maximum Gasteiger partial charge on any atom is 0.273 e. The van der Waals surface area contributed by atoms with Crippen molar-refractivity contribution in [3.63, 3.8) is 0 Å². The van der Waals surface area contributed by atoms with Crippen LogP contribution in [0.3, 0.4) is 0 Å². The minimum atomic E-state index is -4.57. The van der Waals surface area contributed by atoms with Crippen molar-refractivity contribution in [1.82, 2.24) is 0 Å². The Morgan fingerprint density at radius 1 is 1.00 bits per heavy atom. The van der Waals surface area contributed by atoms with Crippen LogP contribution in [0.1, 0.15) is 11.1 Å². The third-order valence-electron chi connectivity index (χ3n) is 5.37. The fraction of sp³-hybridized carbons (Fsp3) is 0.174. The summed E-state index contributed by atoms with van der Waals surface area (Å²) in [4.78, 5) is 33.8. The van der Waals surface area contributed by atoms with Crippen LogP contribution in [0.25, 0.3) is 0 Å². The number of hydrogen-bond acceptors (Lipinski definition) is 8. The van der Waals surface area contributed by atoms with Crippen LogP contribution in [0, 0.1) is 34.1 Å². The maximum atomic E-state index is 13.7. The van der Waals surface area contributed by atoms with E-state index in [0.29, 0.717) is 9.87 Å². The summed E-state index contributed by atoms with van der Waals surface area (Å²) in [5, 5.41) is 25.2. The molecule has 0 spiro atoms. The number of benzene rings is 3. The number of amides is 1. The molecule has 3 rings (SSSR count). The number of carbonyl (C=O) groups is 1. The van der Waals surface area contributed by atoms with Gasteiger partial charge >= 0.3 is 0 Å². The Bertz CT molecular complexity index is 1510. The molecule has 3 aromatic rings. The zero-order valence-corrected chi connectivity index (χ0v) is 21.4. The van der Waals surface area contributed by atoms with Crippen molar-refractivity contribution in [2.75, 3.05) is 23.3 Å². The van der Waals surface area contributed by atoms with Crippen LogP contribution in [0.4, 0.5) is 22.7 Å². The van der Waals surface area contributed by atoms with Crippen molar-refractivity contribution in [2.45, 2.75) is 18.7 Å². The normalized spacial score (nSPS) is 11.0. The van der Waals surface area contributed by atoms with Crippen molar-refractivity contribution in [3.8, 4) is 5.75 Å². The van der Waals surface area contributed by atoms with E-state index in [0.717, 1.165) is 12.1 Å². The molecule has 0 bridgehead atoms. The summed E-state index contributed by atoms with van der Waals surface area (Å²) < 4.78 is 33.4. The minimum Gasteiger partial charge on any atom is -0.495 e. The Hall–Kier alpha value is -4.23. The fourth-order valence-corrected chi connectivity index (χ4v) is 5.02. The highest BCUT2D eigenvalue weighted by atomic mass is 35.5. The van der Waals surface area contributed by atoms with Gasteiger partial charge < -0.3 is 10.1 Å². The second-order valence-electron chi connectivity index (χ2n) is 7.84. The molecule has 0 aliphatic carbocycles. The molecule has 0 fully saturated rings. The number of carbonyl (C=O) groups excluding carboxylic acids is 1. The van der Waals surface area contributed by atoms with E-state index in [1.807, 2.05) is 0 Å². The predicted molar refractivity (Wildman–Crippen MR) is 137 cm³/mol. The monoisotopic (exact) mass is 548 g/mol. The van der Waals surface area contributed by atoms with Gasteiger partial charge in [-0.25, -0.2) is 8.42 Å². The van der Waals surface area contributed by atoms with Crippen molar-refractivity contribution in [3.05, 3.63) is 91.0 Å². The van der Waals surface area contributed by atoms with E-state index in [1.165, 1.54) is 56.5 Å². The van der Waals surface area contributed by atoms with Crippen molar-refractivity contribution >= 4 is 50.3 Å². The lowest BCUT2D eigenvalue weighted by Crippen LogP contribution is -2.38. The average Bonchev–Trinajstić information content (AvgIpc) is 2.83. The molecule has 0 aliphatic rings. The summed E-state index contributed by atoms with van der Waals surface area (Å²) in [7, 11) is -3.28. The Kier molecular flexibility index (Phi) is 7.99. The number of ether oxygens (including phenoxy) is 1. The molecule has 0 saturated heterocycles. The number of rotatable bonds is 9. The van der Waals surface area contributed by atoms with Crippen LogP contribution in [0.5, 0.6) is 5.75 Å². The summed E-state index contributed by atoms with van der Waals surface area (Å²) in [6.07, 6.45) is 0. The third kappa shape index (κ3) is 5.95.